The van der Waals surface area contributed by atoms with Crippen molar-refractivity contribution in [1.82, 2.24) is 14.5 Å². The van der Waals surface area contributed by atoms with E-state index in [1.54, 1.807) is 28.8 Å². The lowest BCUT2D eigenvalue weighted by atomic mass is 9.98. The lowest BCUT2D eigenvalue weighted by Crippen LogP contribution is -2.43. The van der Waals surface area contributed by atoms with Crippen molar-refractivity contribution in [2.24, 2.45) is 0 Å². The van der Waals surface area contributed by atoms with Gasteiger partial charge in [-0.2, -0.15) is 0 Å². The molecule has 1 aromatic heterocycles. The number of amides is 1. The monoisotopic (exact) mass is 483 g/mol. The van der Waals surface area contributed by atoms with Gasteiger partial charge in [-0.1, -0.05) is 60.7 Å². The fourth-order valence-corrected chi connectivity index (χ4v) is 4.54. The van der Waals surface area contributed by atoms with E-state index in [-0.39, 0.29) is 24.1 Å². The van der Waals surface area contributed by atoms with Crippen LogP contribution in [0, 0.1) is 0 Å². The minimum absolute atomic E-state index is 0.116. The smallest absolute Gasteiger partial charge is 0.415 e. The number of nitrogen functional groups attached to an aromatic ring is 1. The van der Waals surface area contributed by atoms with E-state index >= 15 is 0 Å². The molecule has 0 saturated heterocycles. The fourth-order valence-electron chi connectivity index (χ4n) is 4.54. The number of benzene rings is 3. The van der Waals surface area contributed by atoms with Crippen LogP contribution in [-0.2, 0) is 19.4 Å². The van der Waals surface area contributed by atoms with E-state index in [0.29, 0.717) is 42.1 Å². The van der Waals surface area contributed by atoms with Crippen LogP contribution >= 0.6 is 0 Å². The Balaban J connectivity index is 1.44. The zero-order valence-electron chi connectivity index (χ0n) is 19.6. The Kier molecular flexibility index (Phi) is 6.40. The van der Waals surface area contributed by atoms with Crippen molar-refractivity contribution < 1.29 is 14.6 Å². The molecule has 1 aliphatic heterocycles. The van der Waals surface area contributed by atoms with Crippen molar-refractivity contribution in [3.63, 3.8) is 0 Å². The zero-order valence-corrected chi connectivity index (χ0v) is 19.6. The molecular weight excluding hydrogens is 456 g/mol. The first-order chi connectivity index (χ1) is 17.5. The van der Waals surface area contributed by atoms with Crippen molar-refractivity contribution in [2.75, 3.05) is 12.3 Å². The molecule has 0 radical (unpaired) electrons. The van der Waals surface area contributed by atoms with Gasteiger partial charge < -0.3 is 20.5 Å². The van der Waals surface area contributed by atoms with Gasteiger partial charge in [0.25, 0.3) is 11.3 Å². The molecule has 8 heteroatoms. The molecule has 1 unspecified atom stereocenters. The van der Waals surface area contributed by atoms with Gasteiger partial charge in [-0.15, -0.1) is 0 Å². The molecular formula is C28H27N4O4+. The second kappa shape index (κ2) is 9.95. The summed E-state index contributed by atoms with van der Waals surface area (Å²) in [5.41, 5.74) is 9.33. The van der Waals surface area contributed by atoms with Crippen LogP contribution in [-0.4, -0.2) is 32.2 Å². The normalized spacial score (nSPS) is 13.6. The number of hydrogen-bond acceptors (Lipinski definition) is 5. The Bertz CT molecular complexity index is 1420. The van der Waals surface area contributed by atoms with Crippen molar-refractivity contribution in [3.8, 4) is 11.5 Å². The number of nitrogens with two attached hydrogens (primary N) is 1. The van der Waals surface area contributed by atoms with Crippen LogP contribution in [0.4, 0.5) is 10.7 Å². The van der Waals surface area contributed by atoms with Gasteiger partial charge >= 0.3 is 6.09 Å². The average molecular weight is 484 g/mol. The van der Waals surface area contributed by atoms with Crippen molar-refractivity contribution in [2.45, 2.75) is 25.4 Å². The Hall–Kier alpha value is -4.59. The van der Waals surface area contributed by atoms with Gasteiger partial charge in [0.1, 0.15) is 5.75 Å². The highest BCUT2D eigenvalue weighted by Crippen LogP contribution is 2.26. The number of carbonyl (C=O) groups excluding carboxylic acids is 1. The fraction of sp³-hybridized carbons (Fsp3) is 0.179. The Morgan fingerprint density at radius 1 is 1.00 bits per heavy atom. The highest BCUT2D eigenvalue weighted by atomic mass is 16.6. The molecule has 0 fully saturated rings. The summed E-state index contributed by atoms with van der Waals surface area (Å²) in [7, 11) is 0. The molecule has 182 valence electrons. The summed E-state index contributed by atoms with van der Waals surface area (Å²) >= 11 is 0. The van der Waals surface area contributed by atoms with Crippen LogP contribution in [0.1, 0.15) is 28.4 Å². The number of carbonyl (C=O) groups is 1. The standard InChI is InChI=1S/C28H26N4O4/c29-27-30-24-18-31(28(35)36-22-13-11-21(33)12-14-22)16-15-23(24)26(34)32(27)25(20-9-5-2-6-10-20)17-19-7-3-1-4-8-19/h1-14,25,33H,15-18H2,(H2,29,30)/p+1. The molecule has 0 bridgehead atoms. The third-order valence-electron chi connectivity index (χ3n) is 6.38. The number of ether oxygens (including phenoxy) is 1. The molecule has 0 spiro atoms. The molecule has 0 saturated carbocycles. The minimum Gasteiger partial charge on any atom is -0.593 e. The van der Waals surface area contributed by atoms with E-state index in [9.17, 15) is 9.59 Å². The lowest BCUT2D eigenvalue weighted by Gasteiger charge is -2.29. The minimum atomic E-state index is -0.533. The van der Waals surface area contributed by atoms with E-state index in [2.05, 4.69) is 4.98 Å². The number of anilines is 1. The average Bonchev–Trinajstić information content (AvgIpc) is 2.90. The molecule has 5 rings (SSSR count). The molecule has 4 aromatic rings. The number of hydrogen-bond donors (Lipinski definition) is 1. The SMILES string of the molecule is Nc1nc2c(c(=O)n1C(Cc1ccccc1)c1ccccc1)CCN(C(=O)Oc1ccc([OH2+])cc1)C2. The first-order valence-corrected chi connectivity index (χ1v) is 11.8. The van der Waals surface area contributed by atoms with Crippen LogP contribution < -0.4 is 16.0 Å². The third-order valence-corrected chi connectivity index (χ3v) is 6.38. The summed E-state index contributed by atoms with van der Waals surface area (Å²) in [6.45, 7) is 0.470. The Morgan fingerprint density at radius 3 is 2.36 bits per heavy atom. The highest BCUT2D eigenvalue weighted by molar-refractivity contribution is 5.71. The molecule has 0 aliphatic carbocycles. The van der Waals surface area contributed by atoms with Gasteiger partial charge in [-0.05, 0) is 36.1 Å². The maximum atomic E-state index is 13.7. The van der Waals surface area contributed by atoms with Gasteiger partial charge in [0.2, 0.25) is 5.95 Å². The van der Waals surface area contributed by atoms with E-state index < -0.39 is 6.09 Å². The molecule has 1 amide bonds. The quantitative estimate of drug-likeness (QED) is 0.435. The molecule has 3 aromatic carbocycles. The lowest BCUT2D eigenvalue weighted by molar-refractivity contribution is 0.145. The first-order valence-electron chi connectivity index (χ1n) is 11.8. The molecule has 1 aliphatic rings. The maximum absolute atomic E-state index is 13.7. The number of nitrogens with zero attached hydrogens (tertiary/aromatic N) is 3. The summed E-state index contributed by atoms with van der Waals surface area (Å²) in [6.07, 6.45) is 0.411. The van der Waals surface area contributed by atoms with Gasteiger partial charge in [0.15, 0.2) is 0 Å². The molecule has 2 heterocycles. The van der Waals surface area contributed by atoms with Crippen LogP contribution in [0.15, 0.2) is 89.7 Å². The topological polar surface area (TPSA) is 113 Å². The highest BCUT2D eigenvalue weighted by Gasteiger charge is 2.29. The van der Waals surface area contributed by atoms with E-state index in [4.69, 9.17) is 15.6 Å². The number of aromatic nitrogens is 2. The van der Waals surface area contributed by atoms with E-state index in [1.807, 2.05) is 60.7 Å². The van der Waals surface area contributed by atoms with Crippen molar-refractivity contribution in [3.05, 3.63) is 118 Å². The summed E-state index contributed by atoms with van der Waals surface area (Å²) in [5.74, 6) is 0.805. The molecule has 1 atom stereocenters. The number of rotatable bonds is 5. The van der Waals surface area contributed by atoms with Crippen molar-refractivity contribution in [1.29, 1.82) is 0 Å². The van der Waals surface area contributed by atoms with Crippen LogP contribution in [0.2, 0.25) is 0 Å². The Labute approximate surface area is 208 Å². The molecule has 36 heavy (non-hydrogen) atoms. The van der Waals surface area contributed by atoms with Crippen LogP contribution in [0.3, 0.4) is 0 Å². The van der Waals surface area contributed by atoms with Crippen LogP contribution in [0.25, 0.3) is 0 Å². The first kappa shape index (κ1) is 23.2. The predicted octanol–water partition coefficient (Wildman–Crippen LogP) is 3.65. The second-order valence-corrected chi connectivity index (χ2v) is 8.75. The van der Waals surface area contributed by atoms with Crippen LogP contribution in [0.5, 0.6) is 11.5 Å². The molecule has 4 N–H and O–H groups in total. The van der Waals surface area contributed by atoms with Crippen molar-refractivity contribution >= 4 is 12.0 Å². The predicted molar refractivity (Wildman–Crippen MR) is 137 cm³/mol. The largest absolute Gasteiger partial charge is 0.593 e. The van der Waals surface area contributed by atoms with Gasteiger partial charge in [-0.3, -0.25) is 9.36 Å². The van der Waals surface area contributed by atoms with E-state index in [0.717, 1.165) is 11.1 Å². The second-order valence-electron chi connectivity index (χ2n) is 8.75. The summed E-state index contributed by atoms with van der Waals surface area (Å²) in [5, 5.41) is 7.55. The zero-order chi connectivity index (χ0) is 25.1. The summed E-state index contributed by atoms with van der Waals surface area (Å²) < 4.78 is 7.01. The maximum Gasteiger partial charge on any atom is 0.415 e. The summed E-state index contributed by atoms with van der Waals surface area (Å²) in [6, 6.07) is 25.7. The van der Waals surface area contributed by atoms with E-state index in [1.165, 1.54) is 4.90 Å². The van der Waals surface area contributed by atoms with Gasteiger partial charge in [0, 0.05) is 24.2 Å². The third kappa shape index (κ3) is 4.79. The Morgan fingerprint density at radius 2 is 1.67 bits per heavy atom. The van der Waals surface area contributed by atoms with Gasteiger partial charge in [-0.25, -0.2) is 9.78 Å². The number of fused-ring (bicyclic) bond motifs is 1. The molecule has 8 nitrogen and oxygen atoms in total. The summed E-state index contributed by atoms with van der Waals surface area (Å²) in [4.78, 5) is 32.5. The van der Waals surface area contributed by atoms with Gasteiger partial charge in [0.05, 0.1) is 18.3 Å².